The molecule has 2 aromatic rings. The van der Waals surface area contributed by atoms with Crippen LogP contribution in [0.4, 0.5) is 0 Å². The summed E-state index contributed by atoms with van der Waals surface area (Å²) in [5.74, 6) is -1.24. The van der Waals surface area contributed by atoms with Gasteiger partial charge in [-0.05, 0) is 30.7 Å². The van der Waals surface area contributed by atoms with Crippen molar-refractivity contribution in [3.8, 4) is 0 Å². The van der Waals surface area contributed by atoms with E-state index in [1.807, 2.05) is 27.7 Å². The zero-order valence-corrected chi connectivity index (χ0v) is 15.6. The first-order chi connectivity index (χ1) is 12.3. The van der Waals surface area contributed by atoms with Crippen LogP contribution in [0.15, 0.2) is 10.6 Å². The molecule has 1 aliphatic rings. The van der Waals surface area contributed by atoms with Crippen LogP contribution < -0.4 is 5.32 Å². The van der Waals surface area contributed by atoms with Gasteiger partial charge in [-0.3, -0.25) is 4.79 Å². The van der Waals surface area contributed by atoms with Gasteiger partial charge in [0.15, 0.2) is 0 Å². The summed E-state index contributed by atoms with van der Waals surface area (Å²) in [5, 5.41) is 16.8. The molecule has 1 fully saturated rings. The number of carboxylic acid groups (broad SMARTS) is 1. The fourth-order valence-corrected chi connectivity index (χ4v) is 3.06. The van der Waals surface area contributed by atoms with Crippen LogP contribution in [0.5, 0.6) is 0 Å². The second-order valence-corrected chi connectivity index (χ2v) is 7.45. The Kier molecular flexibility index (Phi) is 4.98. The van der Waals surface area contributed by atoms with Gasteiger partial charge in [-0.15, -0.1) is 0 Å². The number of hydrogen-bond donors (Lipinski definition) is 2. The number of carbonyl (C=O) groups excluding carboxylic acids is 1. The van der Waals surface area contributed by atoms with Crippen LogP contribution in [0.1, 0.15) is 80.5 Å². The monoisotopic (exact) mass is 359 g/mol. The lowest BCUT2D eigenvalue weighted by Crippen LogP contribution is -2.45. The highest BCUT2D eigenvalue weighted by Crippen LogP contribution is 2.41. The van der Waals surface area contributed by atoms with Gasteiger partial charge in [0.1, 0.15) is 6.04 Å². The van der Waals surface area contributed by atoms with E-state index >= 15 is 0 Å². The second kappa shape index (κ2) is 7.05. The lowest BCUT2D eigenvalue weighted by Gasteiger charge is -2.20. The predicted octanol–water partition coefficient (Wildman–Crippen LogP) is 3.45. The van der Waals surface area contributed by atoms with Crippen LogP contribution in [-0.4, -0.2) is 33.2 Å². The molecule has 2 heterocycles. The highest BCUT2D eigenvalue weighted by atomic mass is 16.5. The molecule has 3 rings (SSSR count). The van der Waals surface area contributed by atoms with Gasteiger partial charge in [-0.25, -0.2) is 9.78 Å². The van der Waals surface area contributed by atoms with E-state index in [9.17, 15) is 14.7 Å². The standard InChI is InChI=1S/C19H25N3O4/c1-5-10(4)16(19(24)25)21-17(23)12-8-13(11-6-7-11)20-18-14(12)15(9(2)3)22-26-18/h8-11,16H,5-7H2,1-4H3,(H,21,23)(H,24,25). The molecule has 0 spiro atoms. The van der Waals surface area contributed by atoms with Crippen LogP contribution in [0.25, 0.3) is 11.1 Å². The molecule has 140 valence electrons. The van der Waals surface area contributed by atoms with Gasteiger partial charge in [-0.2, -0.15) is 0 Å². The van der Waals surface area contributed by atoms with Gasteiger partial charge in [0.2, 0.25) is 0 Å². The molecule has 2 atom stereocenters. The fourth-order valence-electron chi connectivity index (χ4n) is 3.06. The van der Waals surface area contributed by atoms with Crippen LogP contribution in [0.3, 0.4) is 0 Å². The zero-order chi connectivity index (χ0) is 19.0. The van der Waals surface area contributed by atoms with E-state index in [1.54, 1.807) is 6.07 Å². The first-order valence-electron chi connectivity index (χ1n) is 9.17. The average molecular weight is 359 g/mol. The summed E-state index contributed by atoms with van der Waals surface area (Å²) < 4.78 is 5.38. The third-order valence-corrected chi connectivity index (χ3v) is 5.05. The Morgan fingerprint density at radius 3 is 2.58 bits per heavy atom. The summed E-state index contributed by atoms with van der Waals surface area (Å²) in [6.45, 7) is 7.65. The normalized spacial score (nSPS) is 16.7. The van der Waals surface area contributed by atoms with Crippen molar-refractivity contribution in [2.24, 2.45) is 5.92 Å². The zero-order valence-electron chi connectivity index (χ0n) is 15.6. The van der Waals surface area contributed by atoms with Crippen molar-refractivity contribution in [1.82, 2.24) is 15.5 Å². The van der Waals surface area contributed by atoms with Crippen molar-refractivity contribution < 1.29 is 19.2 Å². The number of carbonyl (C=O) groups is 2. The summed E-state index contributed by atoms with van der Waals surface area (Å²) in [6, 6.07) is 0.830. The van der Waals surface area contributed by atoms with E-state index in [2.05, 4.69) is 15.5 Å². The minimum atomic E-state index is -1.03. The number of carboxylic acids is 1. The Labute approximate surface area is 152 Å². The maximum Gasteiger partial charge on any atom is 0.326 e. The third kappa shape index (κ3) is 3.43. The number of nitrogens with one attached hydrogen (secondary N) is 1. The molecule has 1 amide bonds. The molecule has 0 aliphatic heterocycles. The van der Waals surface area contributed by atoms with Crippen LogP contribution in [0.2, 0.25) is 0 Å². The summed E-state index contributed by atoms with van der Waals surface area (Å²) in [5.41, 5.74) is 2.22. The average Bonchev–Trinajstić information content (AvgIpc) is 3.36. The van der Waals surface area contributed by atoms with Crippen LogP contribution in [0, 0.1) is 5.92 Å². The number of rotatable bonds is 7. The minimum absolute atomic E-state index is 0.0567. The number of pyridine rings is 1. The first-order valence-corrected chi connectivity index (χ1v) is 9.17. The number of aliphatic carboxylic acids is 1. The van der Waals surface area contributed by atoms with Gasteiger partial charge in [-0.1, -0.05) is 39.3 Å². The molecule has 1 saturated carbocycles. The van der Waals surface area contributed by atoms with E-state index in [4.69, 9.17) is 4.52 Å². The highest BCUT2D eigenvalue weighted by Gasteiger charge is 2.31. The number of aromatic nitrogens is 2. The van der Waals surface area contributed by atoms with Crippen molar-refractivity contribution in [2.45, 2.75) is 64.8 Å². The quantitative estimate of drug-likeness (QED) is 0.784. The molecule has 2 N–H and O–H groups in total. The van der Waals surface area contributed by atoms with Gasteiger partial charge in [0, 0.05) is 11.6 Å². The fraction of sp³-hybridized carbons (Fsp3) is 0.579. The number of nitrogens with zero attached hydrogens (tertiary/aromatic N) is 2. The van der Waals surface area contributed by atoms with E-state index < -0.39 is 17.9 Å². The van der Waals surface area contributed by atoms with E-state index in [0.29, 0.717) is 34.7 Å². The molecular weight excluding hydrogens is 334 g/mol. The lowest BCUT2D eigenvalue weighted by molar-refractivity contribution is -0.140. The van der Waals surface area contributed by atoms with Crippen LogP contribution >= 0.6 is 0 Å². The minimum Gasteiger partial charge on any atom is -0.480 e. The SMILES string of the molecule is CCC(C)C(NC(=O)c1cc(C2CC2)nc2onc(C(C)C)c12)C(=O)O. The topological polar surface area (TPSA) is 105 Å². The number of fused-ring (bicyclic) bond motifs is 1. The smallest absolute Gasteiger partial charge is 0.326 e. The Hall–Kier alpha value is -2.44. The van der Waals surface area contributed by atoms with E-state index in [-0.39, 0.29) is 11.8 Å². The van der Waals surface area contributed by atoms with Crippen molar-refractivity contribution >= 4 is 23.0 Å². The molecule has 7 heteroatoms. The van der Waals surface area contributed by atoms with Crippen LogP contribution in [-0.2, 0) is 4.79 Å². The van der Waals surface area contributed by atoms with Crippen molar-refractivity contribution in [3.05, 3.63) is 23.0 Å². The molecule has 1 aliphatic carbocycles. The summed E-state index contributed by atoms with van der Waals surface area (Å²) in [7, 11) is 0. The highest BCUT2D eigenvalue weighted by molar-refractivity contribution is 6.07. The molecule has 26 heavy (non-hydrogen) atoms. The number of amides is 1. The van der Waals surface area contributed by atoms with Crippen molar-refractivity contribution in [2.75, 3.05) is 0 Å². The molecule has 0 aromatic carbocycles. The lowest BCUT2D eigenvalue weighted by atomic mass is 9.97. The Morgan fingerprint density at radius 1 is 1.35 bits per heavy atom. The summed E-state index contributed by atoms with van der Waals surface area (Å²) in [4.78, 5) is 29.1. The molecule has 2 unspecified atom stereocenters. The second-order valence-electron chi connectivity index (χ2n) is 7.45. The van der Waals surface area contributed by atoms with Crippen molar-refractivity contribution in [3.63, 3.8) is 0 Å². The third-order valence-electron chi connectivity index (χ3n) is 5.05. The van der Waals surface area contributed by atoms with E-state index in [1.165, 1.54) is 0 Å². The molecule has 0 saturated heterocycles. The molecular formula is C19H25N3O4. The number of hydrogen-bond acceptors (Lipinski definition) is 5. The Bertz CT molecular complexity index is 839. The molecule has 2 aromatic heterocycles. The maximum atomic E-state index is 13.0. The van der Waals surface area contributed by atoms with E-state index in [0.717, 1.165) is 18.5 Å². The van der Waals surface area contributed by atoms with Crippen molar-refractivity contribution in [1.29, 1.82) is 0 Å². The Morgan fingerprint density at radius 2 is 2.04 bits per heavy atom. The molecule has 7 nitrogen and oxygen atoms in total. The van der Waals surface area contributed by atoms with Gasteiger partial charge >= 0.3 is 5.97 Å². The summed E-state index contributed by atoms with van der Waals surface area (Å²) >= 11 is 0. The predicted molar refractivity (Wildman–Crippen MR) is 96.2 cm³/mol. The Balaban J connectivity index is 2.05. The largest absolute Gasteiger partial charge is 0.480 e. The molecule has 0 radical (unpaired) electrons. The maximum absolute atomic E-state index is 13.0. The first kappa shape index (κ1) is 18.4. The van der Waals surface area contributed by atoms with Gasteiger partial charge in [0.25, 0.3) is 11.6 Å². The van der Waals surface area contributed by atoms with Gasteiger partial charge < -0.3 is 14.9 Å². The van der Waals surface area contributed by atoms with Gasteiger partial charge in [0.05, 0.1) is 16.6 Å². The summed E-state index contributed by atoms with van der Waals surface area (Å²) in [6.07, 6.45) is 2.73. The molecule has 0 bridgehead atoms.